The number of cyclic esters (lactones) is 1. The molecule has 0 saturated carbocycles. The Labute approximate surface area is 56.1 Å². The summed E-state index contributed by atoms with van der Waals surface area (Å²) in [5, 5.41) is 24.2. The van der Waals surface area contributed by atoms with E-state index in [1.165, 1.54) is 0 Å². The minimum atomic E-state index is -2.62. The zero-order valence-electron chi connectivity index (χ0n) is 4.87. The molecule has 0 aromatic heterocycles. The number of ether oxygens (including phenoxy) is 1. The van der Waals surface area contributed by atoms with Crippen LogP contribution < -0.4 is 0 Å². The number of esters is 1. The van der Waals surface area contributed by atoms with Crippen LogP contribution in [0.25, 0.3) is 0 Å². The van der Waals surface area contributed by atoms with Crippen molar-refractivity contribution in [2.24, 2.45) is 0 Å². The van der Waals surface area contributed by atoms with E-state index in [1.54, 1.807) is 0 Å². The van der Waals surface area contributed by atoms with Gasteiger partial charge in [-0.2, -0.15) is 0 Å². The lowest BCUT2D eigenvalue weighted by Gasteiger charge is -2.09. The molecular formula is C5H5NO4. The molecule has 0 amide bonds. The van der Waals surface area contributed by atoms with Gasteiger partial charge in [0.25, 0.3) is 5.79 Å². The average molecular weight is 143 g/mol. The first-order valence-electron chi connectivity index (χ1n) is 2.46. The first kappa shape index (κ1) is 6.91. The van der Waals surface area contributed by atoms with Gasteiger partial charge < -0.3 is 20.4 Å². The molecule has 0 saturated heterocycles. The molecule has 1 heterocycles. The third kappa shape index (κ3) is 0.722. The van der Waals surface area contributed by atoms with Crippen LogP contribution in [0.1, 0.15) is 0 Å². The lowest BCUT2D eigenvalue weighted by atomic mass is 10.1. The summed E-state index contributed by atoms with van der Waals surface area (Å²) in [5.74, 6) is -3.80. The van der Waals surface area contributed by atoms with Gasteiger partial charge in [0.2, 0.25) is 0 Å². The molecule has 0 unspecified atom stereocenters. The molecule has 1 aliphatic rings. The zero-order chi connectivity index (χ0) is 7.78. The number of hydrogen-bond acceptors (Lipinski definition) is 5. The SMILES string of the molecule is N=CC1=COC(=O)C1(O)O. The molecule has 10 heavy (non-hydrogen) atoms. The number of carbonyl (C=O) groups excluding carboxylic acids is 1. The van der Waals surface area contributed by atoms with E-state index in [4.69, 9.17) is 15.6 Å². The number of carbonyl (C=O) groups is 1. The molecule has 0 aliphatic carbocycles. The van der Waals surface area contributed by atoms with Gasteiger partial charge in [0, 0.05) is 6.21 Å². The smallest absolute Gasteiger partial charge is 0.376 e. The molecule has 0 atom stereocenters. The molecule has 0 spiro atoms. The molecule has 0 radical (unpaired) electrons. The molecule has 54 valence electrons. The standard InChI is InChI=1S/C5H5NO4/c6-1-3-2-10-4(7)5(3,8)9/h1-2,6,8-9H. The largest absolute Gasteiger partial charge is 0.430 e. The Morgan fingerprint density at radius 3 is 2.50 bits per heavy atom. The van der Waals surface area contributed by atoms with Crippen LogP contribution >= 0.6 is 0 Å². The zero-order valence-corrected chi connectivity index (χ0v) is 4.87. The molecule has 1 aliphatic heterocycles. The van der Waals surface area contributed by atoms with Gasteiger partial charge in [0.05, 0.1) is 5.57 Å². The lowest BCUT2D eigenvalue weighted by molar-refractivity contribution is -0.182. The van der Waals surface area contributed by atoms with E-state index in [0.717, 1.165) is 6.26 Å². The van der Waals surface area contributed by atoms with Crippen molar-refractivity contribution in [3.05, 3.63) is 11.8 Å². The quantitative estimate of drug-likeness (QED) is 0.243. The molecule has 0 aromatic carbocycles. The molecule has 0 bridgehead atoms. The topological polar surface area (TPSA) is 90.6 Å². The third-order valence-electron chi connectivity index (χ3n) is 1.14. The summed E-state index contributed by atoms with van der Waals surface area (Å²) in [4.78, 5) is 10.4. The van der Waals surface area contributed by atoms with Crippen LogP contribution in [0.4, 0.5) is 0 Å². The van der Waals surface area contributed by atoms with Gasteiger partial charge in [-0.3, -0.25) is 0 Å². The summed E-state index contributed by atoms with van der Waals surface area (Å²) < 4.78 is 4.12. The number of hydrogen-bond donors (Lipinski definition) is 3. The van der Waals surface area contributed by atoms with Crippen LogP contribution in [0.15, 0.2) is 11.8 Å². The van der Waals surface area contributed by atoms with Gasteiger partial charge in [0.1, 0.15) is 6.26 Å². The molecule has 5 heteroatoms. The predicted octanol–water partition coefficient (Wildman–Crippen LogP) is -1.24. The second kappa shape index (κ2) is 1.89. The van der Waals surface area contributed by atoms with Gasteiger partial charge in [-0.05, 0) is 0 Å². The normalized spacial score (nSPS) is 21.8. The molecule has 5 nitrogen and oxygen atoms in total. The Morgan fingerprint density at radius 1 is 1.70 bits per heavy atom. The van der Waals surface area contributed by atoms with Crippen LogP contribution in [-0.4, -0.2) is 28.2 Å². The van der Waals surface area contributed by atoms with E-state index in [-0.39, 0.29) is 5.57 Å². The van der Waals surface area contributed by atoms with Gasteiger partial charge in [-0.25, -0.2) is 4.79 Å². The summed E-state index contributed by atoms with van der Waals surface area (Å²) in [5.41, 5.74) is -0.266. The van der Waals surface area contributed by atoms with Crippen LogP contribution in [0, 0.1) is 5.41 Å². The molecular weight excluding hydrogens is 138 g/mol. The fourth-order valence-electron chi connectivity index (χ4n) is 0.534. The summed E-state index contributed by atoms with van der Waals surface area (Å²) >= 11 is 0. The highest BCUT2D eigenvalue weighted by Crippen LogP contribution is 2.19. The average Bonchev–Trinajstić information content (AvgIpc) is 2.10. The van der Waals surface area contributed by atoms with Crippen LogP contribution in [0.3, 0.4) is 0 Å². The minimum absolute atomic E-state index is 0.266. The Kier molecular flexibility index (Phi) is 1.31. The van der Waals surface area contributed by atoms with E-state index < -0.39 is 11.8 Å². The lowest BCUT2D eigenvalue weighted by Crippen LogP contribution is -2.37. The van der Waals surface area contributed by atoms with Gasteiger partial charge in [-0.15, -0.1) is 0 Å². The Bertz CT molecular complexity index is 218. The van der Waals surface area contributed by atoms with E-state index in [9.17, 15) is 4.79 Å². The minimum Gasteiger partial charge on any atom is -0.430 e. The van der Waals surface area contributed by atoms with Crippen molar-refractivity contribution in [2.75, 3.05) is 0 Å². The van der Waals surface area contributed by atoms with Crippen molar-refractivity contribution in [3.8, 4) is 0 Å². The van der Waals surface area contributed by atoms with Crippen molar-refractivity contribution in [1.82, 2.24) is 0 Å². The molecule has 0 fully saturated rings. The molecule has 1 rings (SSSR count). The Balaban J connectivity index is 2.98. The van der Waals surface area contributed by atoms with E-state index >= 15 is 0 Å². The van der Waals surface area contributed by atoms with Gasteiger partial charge in [0.15, 0.2) is 0 Å². The van der Waals surface area contributed by atoms with Crippen molar-refractivity contribution in [3.63, 3.8) is 0 Å². The summed E-state index contributed by atoms with van der Waals surface area (Å²) in [6, 6.07) is 0. The van der Waals surface area contributed by atoms with Crippen molar-refractivity contribution >= 4 is 12.2 Å². The van der Waals surface area contributed by atoms with E-state index in [1.807, 2.05) is 0 Å². The summed E-state index contributed by atoms with van der Waals surface area (Å²) in [7, 11) is 0. The van der Waals surface area contributed by atoms with Crippen LogP contribution in [0.2, 0.25) is 0 Å². The van der Waals surface area contributed by atoms with Gasteiger partial charge >= 0.3 is 5.97 Å². The first-order chi connectivity index (χ1) is 4.59. The Morgan fingerprint density at radius 2 is 2.30 bits per heavy atom. The fraction of sp³-hybridized carbons (Fsp3) is 0.200. The van der Waals surface area contributed by atoms with Crippen LogP contribution in [-0.2, 0) is 9.53 Å². The van der Waals surface area contributed by atoms with Crippen LogP contribution in [0.5, 0.6) is 0 Å². The first-order valence-corrected chi connectivity index (χ1v) is 2.46. The summed E-state index contributed by atoms with van der Waals surface area (Å²) in [6.07, 6.45) is 1.47. The monoisotopic (exact) mass is 143 g/mol. The van der Waals surface area contributed by atoms with Crippen molar-refractivity contribution < 1.29 is 19.7 Å². The van der Waals surface area contributed by atoms with Gasteiger partial charge in [-0.1, -0.05) is 0 Å². The predicted molar refractivity (Wildman–Crippen MR) is 30.1 cm³/mol. The highest BCUT2D eigenvalue weighted by molar-refractivity contribution is 5.95. The number of rotatable bonds is 1. The highest BCUT2D eigenvalue weighted by Gasteiger charge is 2.43. The summed E-state index contributed by atoms with van der Waals surface area (Å²) in [6.45, 7) is 0. The number of nitrogens with one attached hydrogen (secondary N) is 1. The second-order valence-corrected chi connectivity index (χ2v) is 1.80. The number of aliphatic hydroxyl groups is 2. The molecule has 0 aromatic rings. The Hall–Kier alpha value is -1.20. The van der Waals surface area contributed by atoms with Crippen molar-refractivity contribution in [2.45, 2.75) is 5.79 Å². The second-order valence-electron chi connectivity index (χ2n) is 1.80. The third-order valence-corrected chi connectivity index (χ3v) is 1.14. The van der Waals surface area contributed by atoms with E-state index in [0.29, 0.717) is 6.21 Å². The maximum atomic E-state index is 10.4. The van der Waals surface area contributed by atoms with Crippen molar-refractivity contribution in [1.29, 1.82) is 5.41 Å². The maximum absolute atomic E-state index is 10.4. The fourth-order valence-corrected chi connectivity index (χ4v) is 0.534. The molecule has 3 N–H and O–H groups in total. The van der Waals surface area contributed by atoms with E-state index in [2.05, 4.69) is 4.74 Å². The highest BCUT2D eigenvalue weighted by atomic mass is 16.6. The maximum Gasteiger partial charge on any atom is 0.376 e.